The van der Waals surface area contributed by atoms with Crippen LogP contribution < -0.4 is 5.32 Å². The highest BCUT2D eigenvalue weighted by atomic mass is 79.9. The number of hydrogen-bond acceptors (Lipinski definition) is 6. The second-order valence-electron chi connectivity index (χ2n) is 5.06. The number of alkyl halides is 1. The van der Waals surface area contributed by atoms with Crippen molar-refractivity contribution in [1.29, 1.82) is 0 Å². The molecule has 1 aliphatic rings. The molecule has 0 spiro atoms. The Morgan fingerprint density at radius 2 is 1.27 bits per heavy atom. The van der Waals surface area contributed by atoms with E-state index in [9.17, 15) is 19.2 Å². The quantitative estimate of drug-likeness (QED) is 0.347. The van der Waals surface area contributed by atoms with Gasteiger partial charge in [0, 0.05) is 6.42 Å². The average molecular weight is 420 g/mol. The molecule has 8 heteroatoms. The van der Waals surface area contributed by atoms with E-state index >= 15 is 0 Å². The summed E-state index contributed by atoms with van der Waals surface area (Å²) >= 11 is 3.01. The molecule has 7 nitrogen and oxygen atoms in total. The molecule has 0 radical (unpaired) electrons. The third-order valence-electron chi connectivity index (χ3n) is 3.12. The molecule has 1 fully saturated rings. The second kappa shape index (κ2) is 9.47. The number of imide groups is 1. The fraction of sp³-hybridized carbons (Fsp3) is 0.111. The summed E-state index contributed by atoms with van der Waals surface area (Å²) in [6.45, 7) is 0. The first-order valence-corrected chi connectivity index (χ1v) is 8.40. The predicted molar refractivity (Wildman–Crippen MR) is 94.2 cm³/mol. The molecule has 1 atom stereocenters. The van der Waals surface area contributed by atoms with Gasteiger partial charge in [0.2, 0.25) is 11.8 Å². The van der Waals surface area contributed by atoms with Crippen molar-refractivity contribution in [2.24, 2.45) is 0 Å². The largest absolute Gasteiger partial charge is 0.386 e. The summed E-state index contributed by atoms with van der Waals surface area (Å²) in [5.74, 6) is -1.84. The Morgan fingerprint density at radius 1 is 0.846 bits per heavy atom. The molecule has 1 aliphatic heterocycles. The first-order chi connectivity index (χ1) is 12.5. The zero-order chi connectivity index (χ0) is 18.9. The van der Waals surface area contributed by atoms with E-state index in [2.05, 4.69) is 31.0 Å². The van der Waals surface area contributed by atoms with Gasteiger partial charge in [-0.25, -0.2) is 19.4 Å². The van der Waals surface area contributed by atoms with E-state index in [1.165, 1.54) is 0 Å². The van der Waals surface area contributed by atoms with Crippen LogP contribution in [-0.4, -0.2) is 28.6 Å². The molecule has 0 aliphatic carbocycles. The number of halogens is 1. The topological polar surface area (TPSA) is 98.8 Å². The Labute approximate surface area is 157 Å². The summed E-state index contributed by atoms with van der Waals surface area (Å²) < 4.78 is 0. The zero-order valence-corrected chi connectivity index (χ0v) is 15.0. The highest BCUT2D eigenvalue weighted by Gasteiger charge is 2.27. The smallest absolute Gasteiger partial charge is 0.295 e. The monoisotopic (exact) mass is 419 g/mol. The van der Waals surface area contributed by atoms with Crippen LogP contribution in [0.25, 0.3) is 0 Å². The molecule has 1 heterocycles. The molecule has 2 amide bonds. The van der Waals surface area contributed by atoms with Crippen LogP contribution in [0.4, 0.5) is 0 Å². The number of nitrogens with one attached hydrogen (secondary N) is 1. The standard InChI is InChI=1S/C14H10O4.C4H4BrNO2/c15-13(11-7-3-1-4-8-11)17-18-14(16)12-9-5-2-6-10-12;5-2-1-3(7)6-4(2)8/h1-10H;2H,1H2,(H,6,7,8). The molecule has 0 saturated carbocycles. The van der Waals surface area contributed by atoms with Crippen molar-refractivity contribution in [2.75, 3.05) is 0 Å². The molecule has 1 saturated heterocycles. The molecule has 2 aromatic rings. The first-order valence-electron chi connectivity index (χ1n) is 7.48. The van der Waals surface area contributed by atoms with E-state index in [1.54, 1.807) is 60.7 Å². The molecule has 0 bridgehead atoms. The van der Waals surface area contributed by atoms with Crippen molar-refractivity contribution in [2.45, 2.75) is 11.2 Å². The van der Waals surface area contributed by atoms with E-state index in [0.717, 1.165) is 0 Å². The molecule has 1 N–H and O–H groups in total. The van der Waals surface area contributed by atoms with Gasteiger partial charge in [0.25, 0.3) is 0 Å². The zero-order valence-electron chi connectivity index (χ0n) is 13.4. The molecule has 1 unspecified atom stereocenters. The third-order valence-corrected chi connectivity index (χ3v) is 3.86. The lowest BCUT2D eigenvalue weighted by molar-refractivity contribution is -0.187. The minimum atomic E-state index is -0.708. The lowest BCUT2D eigenvalue weighted by Crippen LogP contribution is -2.21. The first kappa shape index (κ1) is 19.3. The minimum absolute atomic E-state index is 0.197. The number of amides is 2. The summed E-state index contributed by atoms with van der Waals surface area (Å²) in [5.41, 5.74) is 0.636. The molecular formula is C18H14BrNO6. The Morgan fingerprint density at radius 3 is 1.54 bits per heavy atom. The minimum Gasteiger partial charge on any atom is -0.295 e. The van der Waals surface area contributed by atoms with E-state index in [-0.39, 0.29) is 23.1 Å². The van der Waals surface area contributed by atoms with Crippen LogP contribution >= 0.6 is 15.9 Å². The summed E-state index contributed by atoms with van der Waals surface area (Å²) in [7, 11) is 0. The normalized spacial score (nSPS) is 15.3. The lowest BCUT2D eigenvalue weighted by Gasteiger charge is -2.02. The van der Waals surface area contributed by atoms with Crippen molar-refractivity contribution in [3.8, 4) is 0 Å². The second-order valence-corrected chi connectivity index (χ2v) is 6.16. The fourth-order valence-corrected chi connectivity index (χ4v) is 2.25. The van der Waals surface area contributed by atoms with Crippen LogP contribution in [0.15, 0.2) is 60.7 Å². The Hall–Kier alpha value is -3.00. The van der Waals surface area contributed by atoms with Gasteiger partial charge in [0.05, 0.1) is 11.1 Å². The van der Waals surface area contributed by atoms with Gasteiger partial charge in [-0.15, -0.1) is 0 Å². The van der Waals surface area contributed by atoms with Crippen LogP contribution in [0.1, 0.15) is 27.1 Å². The highest BCUT2D eigenvalue weighted by molar-refractivity contribution is 9.10. The summed E-state index contributed by atoms with van der Waals surface area (Å²) in [6.07, 6.45) is 0.277. The number of carbonyl (C=O) groups is 4. The van der Waals surface area contributed by atoms with Crippen molar-refractivity contribution < 1.29 is 29.0 Å². The lowest BCUT2D eigenvalue weighted by atomic mass is 10.2. The number of rotatable bonds is 2. The maximum Gasteiger partial charge on any atom is 0.386 e. The van der Waals surface area contributed by atoms with Crippen molar-refractivity contribution in [1.82, 2.24) is 5.32 Å². The van der Waals surface area contributed by atoms with E-state index < -0.39 is 11.9 Å². The molecule has 26 heavy (non-hydrogen) atoms. The van der Waals surface area contributed by atoms with Crippen molar-refractivity contribution in [3.05, 3.63) is 71.8 Å². The van der Waals surface area contributed by atoms with Crippen LogP contribution in [0.3, 0.4) is 0 Å². The molecule has 2 aromatic carbocycles. The van der Waals surface area contributed by atoms with Crippen LogP contribution in [0.2, 0.25) is 0 Å². The van der Waals surface area contributed by atoms with Crippen LogP contribution in [-0.2, 0) is 19.4 Å². The van der Waals surface area contributed by atoms with Gasteiger partial charge in [-0.05, 0) is 24.3 Å². The number of benzene rings is 2. The Bertz CT molecular complexity index is 742. The average Bonchev–Trinajstić information content (AvgIpc) is 2.96. The number of carbonyl (C=O) groups excluding carboxylic acids is 4. The van der Waals surface area contributed by atoms with Crippen molar-refractivity contribution in [3.63, 3.8) is 0 Å². The van der Waals surface area contributed by atoms with Crippen LogP contribution in [0, 0.1) is 0 Å². The van der Waals surface area contributed by atoms with E-state index in [4.69, 9.17) is 0 Å². The van der Waals surface area contributed by atoms with Gasteiger partial charge in [-0.2, -0.15) is 0 Å². The van der Waals surface area contributed by atoms with Crippen LogP contribution in [0.5, 0.6) is 0 Å². The van der Waals surface area contributed by atoms with Gasteiger partial charge in [-0.3, -0.25) is 14.9 Å². The maximum atomic E-state index is 11.5. The highest BCUT2D eigenvalue weighted by Crippen LogP contribution is 2.10. The molecule has 134 valence electrons. The van der Waals surface area contributed by atoms with Gasteiger partial charge in [0.15, 0.2) is 0 Å². The molecule has 0 aromatic heterocycles. The van der Waals surface area contributed by atoms with Gasteiger partial charge in [0.1, 0.15) is 4.83 Å². The summed E-state index contributed by atoms with van der Waals surface area (Å²) in [4.78, 5) is 52.3. The van der Waals surface area contributed by atoms with Crippen molar-refractivity contribution >= 4 is 39.7 Å². The summed E-state index contributed by atoms with van der Waals surface area (Å²) in [5, 5.41) is 2.14. The summed E-state index contributed by atoms with van der Waals surface area (Å²) in [6, 6.07) is 16.6. The number of hydrogen-bond donors (Lipinski definition) is 1. The maximum absolute atomic E-state index is 11.5. The van der Waals surface area contributed by atoms with Gasteiger partial charge in [-0.1, -0.05) is 52.3 Å². The molecule has 3 rings (SSSR count). The van der Waals surface area contributed by atoms with Gasteiger partial charge < -0.3 is 0 Å². The molecular weight excluding hydrogens is 406 g/mol. The SMILES string of the molecule is O=C(OOC(=O)c1ccccc1)c1ccccc1.O=C1CC(Br)C(=O)N1. The third kappa shape index (κ3) is 5.82. The Kier molecular flexibility index (Phi) is 7.04. The Balaban J connectivity index is 0.000000254. The van der Waals surface area contributed by atoms with E-state index in [1.807, 2.05) is 0 Å². The van der Waals surface area contributed by atoms with E-state index in [0.29, 0.717) is 11.1 Å². The fourth-order valence-electron chi connectivity index (χ4n) is 1.84. The van der Waals surface area contributed by atoms with Gasteiger partial charge >= 0.3 is 11.9 Å². The predicted octanol–water partition coefficient (Wildman–Crippen LogP) is 2.41.